The fourth-order valence-electron chi connectivity index (χ4n) is 1.94. The van der Waals surface area contributed by atoms with E-state index in [4.69, 9.17) is 0 Å². The Hall–Kier alpha value is -0.960. The summed E-state index contributed by atoms with van der Waals surface area (Å²) in [4.78, 5) is 14.8. The van der Waals surface area contributed by atoms with E-state index in [-0.39, 0.29) is 5.91 Å². The van der Waals surface area contributed by atoms with Gasteiger partial charge in [-0.3, -0.25) is 4.79 Å². The van der Waals surface area contributed by atoms with Gasteiger partial charge in [0.05, 0.1) is 0 Å². The van der Waals surface area contributed by atoms with Crippen molar-refractivity contribution in [2.24, 2.45) is 5.92 Å². The van der Waals surface area contributed by atoms with Gasteiger partial charge in [0, 0.05) is 23.5 Å². The monoisotopic (exact) mass is 221 g/mol. The van der Waals surface area contributed by atoms with Crippen LogP contribution in [0.15, 0.2) is 29.2 Å². The Morgan fingerprint density at radius 1 is 1.53 bits per heavy atom. The number of nitrogens with zero attached hydrogens (tertiary/aromatic N) is 1. The second kappa shape index (κ2) is 4.27. The number of amides is 1. The van der Waals surface area contributed by atoms with Crippen molar-refractivity contribution >= 4 is 18.5 Å². The van der Waals surface area contributed by atoms with E-state index in [0.29, 0.717) is 5.92 Å². The second-order valence-electron chi connectivity index (χ2n) is 4.20. The van der Waals surface area contributed by atoms with Crippen molar-refractivity contribution in [2.75, 3.05) is 13.1 Å². The van der Waals surface area contributed by atoms with Crippen molar-refractivity contribution in [3.05, 3.63) is 29.8 Å². The molecule has 15 heavy (non-hydrogen) atoms. The molecule has 0 radical (unpaired) electrons. The molecule has 0 saturated carbocycles. The number of carbonyl (C=O) groups excluding carboxylic acids is 1. The zero-order valence-corrected chi connectivity index (χ0v) is 9.71. The third-order valence-corrected chi connectivity index (χ3v) is 3.08. The van der Waals surface area contributed by atoms with Crippen molar-refractivity contribution < 1.29 is 4.79 Å². The summed E-state index contributed by atoms with van der Waals surface area (Å²) in [5.74, 6) is 0.767. The van der Waals surface area contributed by atoms with Gasteiger partial charge in [-0.2, -0.15) is 0 Å². The second-order valence-corrected chi connectivity index (χ2v) is 4.71. The van der Waals surface area contributed by atoms with Crippen molar-refractivity contribution in [3.63, 3.8) is 0 Å². The van der Waals surface area contributed by atoms with E-state index in [2.05, 4.69) is 19.6 Å². The Kier molecular flexibility index (Phi) is 3.00. The first-order valence-corrected chi connectivity index (χ1v) is 5.70. The minimum atomic E-state index is 0.134. The number of likely N-dealkylation sites (tertiary alicyclic amines) is 1. The highest BCUT2D eigenvalue weighted by molar-refractivity contribution is 7.80. The molecule has 1 aromatic carbocycles. The number of rotatable bonds is 1. The first kappa shape index (κ1) is 10.6. The molecule has 1 atom stereocenters. The van der Waals surface area contributed by atoms with Crippen LogP contribution in [0.1, 0.15) is 23.7 Å². The molecule has 0 spiro atoms. The molecule has 1 amide bonds. The Morgan fingerprint density at radius 3 is 2.93 bits per heavy atom. The highest BCUT2D eigenvalue weighted by Crippen LogP contribution is 2.18. The van der Waals surface area contributed by atoms with Crippen LogP contribution in [0.25, 0.3) is 0 Å². The number of hydrogen-bond acceptors (Lipinski definition) is 2. The molecular formula is C12H15NOS. The quantitative estimate of drug-likeness (QED) is 0.722. The van der Waals surface area contributed by atoms with Gasteiger partial charge in [0.15, 0.2) is 0 Å². The maximum Gasteiger partial charge on any atom is 0.253 e. The van der Waals surface area contributed by atoms with Crippen molar-refractivity contribution in [2.45, 2.75) is 18.2 Å². The number of carbonyl (C=O) groups is 1. The van der Waals surface area contributed by atoms with Gasteiger partial charge in [-0.15, -0.1) is 12.6 Å². The van der Waals surface area contributed by atoms with Crippen LogP contribution in [-0.2, 0) is 0 Å². The summed E-state index contributed by atoms with van der Waals surface area (Å²) < 4.78 is 0. The van der Waals surface area contributed by atoms with Gasteiger partial charge in [-0.25, -0.2) is 0 Å². The summed E-state index contributed by atoms with van der Waals surface area (Å²) in [6.45, 7) is 3.95. The Balaban J connectivity index is 2.14. The zero-order chi connectivity index (χ0) is 10.8. The Bertz CT molecular complexity index is 378. The first-order valence-electron chi connectivity index (χ1n) is 5.25. The summed E-state index contributed by atoms with van der Waals surface area (Å²) in [7, 11) is 0. The number of thiol groups is 1. The van der Waals surface area contributed by atoms with Crippen LogP contribution in [0.3, 0.4) is 0 Å². The summed E-state index contributed by atoms with van der Waals surface area (Å²) in [6, 6.07) is 7.43. The summed E-state index contributed by atoms with van der Waals surface area (Å²) in [5, 5.41) is 0. The molecule has 0 aliphatic carbocycles. The lowest BCUT2D eigenvalue weighted by atomic mass is 10.2. The van der Waals surface area contributed by atoms with Gasteiger partial charge in [-0.1, -0.05) is 13.0 Å². The van der Waals surface area contributed by atoms with E-state index in [1.807, 2.05) is 29.2 Å². The molecule has 80 valence electrons. The van der Waals surface area contributed by atoms with E-state index in [1.165, 1.54) is 0 Å². The predicted octanol–water partition coefficient (Wildman–Crippen LogP) is 2.46. The lowest BCUT2D eigenvalue weighted by Crippen LogP contribution is -2.28. The third-order valence-electron chi connectivity index (χ3n) is 2.80. The molecule has 1 unspecified atom stereocenters. The summed E-state index contributed by atoms with van der Waals surface area (Å²) in [5.41, 5.74) is 0.747. The van der Waals surface area contributed by atoms with Crippen molar-refractivity contribution in [3.8, 4) is 0 Å². The van der Waals surface area contributed by atoms with Crippen LogP contribution in [0.4, 0.5) is 0 Å². The van der Waals surface area contributed by atoms with E-state index in [9.17, 15) is 4.79 Å². The van der Waals surface area contributed by atoms with Crippen molar-refractivity contribution in [1.29, 1.82) is 0 Å². The molecule has 1 aliphatic rings. The average molecular weight is 221 g/mol. The summed E-state index contributed by atoms with van der Waals surface area (Å²) >= 11 is 4.24. The van der Waals surface area contributed by atoms with Crippen LogP contribution in [0, 0.1) is 5.92 Å². The van der Waals surface area contributed by atoms with E-state index >= 15 is 0 Å². The van der Waals surface area contributed by atoms with Crippen LogP contribution in [-0.4, -0.2) is 23.9 Å². The largest absolute Gasteiger partial charge is 0.338 e. The molecular weight excluding hydrogens is 206 g/mol. The minimum absolute atomic E-state index is 0.134. The first-order chi connectivity index (χ1) is 7.16. The number of benzene rings is 1. The lowest BCUT2D eigenvalue weighted by Gasteiger charge is -2.15. The van der Waals surface area contributed by atoms with Gasteiger partial charge < -0.3 is 4.90 Å². The molecule has 0 bridgehead atoms. The zero-order valence-electron chi connectivity index (χ0n) is 8.81. The molecule has 1 fully saturated rings. The minimum Gasteiger partial charge on any atom is -0.338 e. The maximum absolute atomic E-state index is 12.0. The van der Waals surface area contributed by atoms with E-state index in [1.54, 1.807) is 0 Å². The highest BCUT2D eigenvalue weighted by atomic mass is 32.1. The molecule has 2 nitrogen and oxygen atoms in total. The van der Waals surface area contributed by atoms with Crippen molar-refractivity contribution in [1.82, 2.24) is 4.90 Å². The van der Waals surface area contributed by atoms with Crippen LogP contribution < -0.4 is 0 Å². The highest BCUT2D eigenvalue weighted by Gasteiger charge is 2.23. The Labute approximate surface area is 95.7 Å². The SMILES string of the molecule is CC1CCN(C(=O)c2cccc(S)c2)C1. The molecule has 0 aromatic heterocycles. The normalized spacial score (nSPS) is 20.7. The van der Waals surface area contributed by atoms with Gasteiger partial charge in [0.1, 0.15) is 0 Å². The van der Waals surface area contributed by atoms with Gasteiger partial charge in [-0.05, 0) is 30.5 Å². The predicted molar refractivity (Wildman–Crippen MR) is 63.4 cm³/mol. The third kappa shape index (κ3) is 2.34. The standard InChI is InChI=1S/C12H15NOS/c1-9-5-6-13(8-9)12(14)10-3-2-4-11(15)7-10/h2-4,7,9,15H,5-6,8H2,1H3. The molecule has 2 rings (SSSR count). The molecule has 3 heteroatoms. The van der Waals surface area contributed by atoms with Gasteiger partial charge in [0.2, 0.25) is 0 Å². The Morgan fingerprint density at radius 2 is 2.33 bits per heavy atom. The number of hydrogen-bond donors (Lipinski definition) is 1. The topological polar surface area (TPSA) is 20.3 Å². The smallest absolute Gasteiger partial charge is 0.253 e. The fourth-order valence-corrected chi connectivity index (χ4v) is 2.17. The lowest BCUT2D eigenvalue weighted by molar-refractivity contribution is 0.0788. The molecule has 1 heterocycles. The fraction of sp³-hybridized carbons (Fsp3) is 0.417. The van der Waals surface area contributed by atoms with Crippen LogP contribution in [0.5, 0.6) is 0 Å². The van der Waals surface area contributed by atoms with Gasteiger partial charge >= 0.3 is 0 Å². The van der Waals surface area contributed by atoms with E-state index in [0.717, 1.165) is 30.0 Å². The van der Waals surface area contributed by atoms with Crippen LogP contribution in [0.2, 0.25) is 0 Å². The van der Waals surface area contributed by atoms with Crippen LogP contribution >= 0.6 is 12.6 Å². The molecule has 1 saturated heterocycles. The summed E-state index contributed by atoms with van der Waals surface area (Å²) in [6.07, 6.45) is 1.12. The molecule has 1 aliphatic heterocycles. The van der Waals surface area contributed by atoms with Gasteiger partial charge in [0.25, 0.3) is 5.91 Å². The van der Waals surface area contributed by atoms with E-state index < -0.39 is 0 Å². The molecule has 0 N–H and O–H groups in total. The maximum atomic E-state index is 12.0. The molecule has 1 aromatic rings. The average Bonchev–Trinajstić information content (AvgIpc) is 2.64.